The van der Waals surface area contributed by atoms with Crippen molar-refractivity contribution in [2.45, 2.75) is 45.2 Å². The van der Waals surface area contributed by atoms with Gasteiger partial charge in [0.1, 0.15) is 0 Å². The summed E-state index contributed by atoms with van der Waals surface area (Å²) in [4.78, 5) is 0. The van der Waals surface area contributed by atoms with E-state index >= 15 is 0 Å². The summed E-state index contributed by atoms with van der Waals surface area (Å²) in [7, 11) is 0. The summed E-state index contributed by atoms with van der Waals surface area (Å²) < 4.78 is 5.08. The Balaban J connectivity index is 1.84. The number of hydrogen-bond donors (Lipinski definition) is 1. The van der Waals surface area contributed by atoms with Gasteiger partial charge in [0.25, 0.3) is 0 Å². The first-order valence-corrected chi connectivity index (χ1v) is 5.55. The molecular formula is C12H19NO. The minimum Gasteiger partial charge on any atom is -0.472 e. The Labute approximate surface area is 85.7 Å². The van der Waals surface area contributed by atoms with E-state index in [0.717, 1.165) is 5.92 Å². The molecule has 1 aromatic rings. The Morgan fingerprint density at radius 1 is 1.43 bits per heavy atom. The molecule has 2 atom stereocenters. The minimum atomic E-state index is 0.407. The zero-order valence-electron chi connectivity index (χ0n) is 8.99. The van der Waals surface area contributed by atoms with Crippen LogP contribution < -0.4 is 5.32 Å². The fourth-order valence-corrected chi connectivity index (χ4v) is 2.09. The molecule has 1 heterocycles. The normalized spacial score (nSPS) is 21.6. The summed E-state index contributed by atoms with van der Waals surface area (Å²) in [6.07, 6.45) is 7.77. The lowest BCUT2D eigenvalue weighted by Crippen LogP contribution is -2.38. The molecule has 0 amide bonds. The fourth-order valence-electron chi connectivity index (χ4n) is 2.09. The molecule has 2 rings (SSSR count). The Morgan fingerprint density at radius 2 is 2.21 bits per heavy atom. The van der Waals surface area contributed by atoms with Crippen LogP contribution in [0.3, 0.4) is 0 Å². The van der Waals surface area contributed by atoms with Gasteiger partial charge >= 0.3 is 0 Å². The smallest absolute Gasteiger partial charge is 0.0950 e. The molecule has 0 aliphatic heterocycles. The molecule has 1 aliphatic carbocycles. The molecule has 0 spiro atoms. The third-order valence-electron chi connectivity index (χ3n) is 3.41. The van der Waals surface area contributed by atoms with E-state index in [4.69, 9.17) is 4.42 Å². The number of furan rings is 1. The van der Waals surface area contributed by atoms with E-state index in [1.165, 1.54) is 24.8 Å². The molecule has 2 unspecified atom stereocenters. The first-order chi connectivity index (χ1) is 6.77. The van der Waals surface area contributed by atoms with Gasteiger partial charge in [0, 0.05) is 17.6 Å². The van der Waals surface area contributed by atoms with Crippen molar-refractivity contribution in [2.24, 2.45) is 5.92 Å². The van der Waals surface area contributed by atoms with Crippen molar-refractivity contribution in [1.29, 1.82) is 0 Å². The Hall–Kier alpha value is -0.760. The SMILES string of the molecule is CC(NC(C)C1CCC1)c1ccoc1. The van der Waals surface area contributed by atoms with Crippen molar-refractivity contribution in [2.75, 3.05) is 0 Å². The third kappa shape index (κ3) is 2.01. The van der Waals surface area contributed by atoms with Crippen molar-refractivity contribution in [3.05, 3.63) is 24.2 Å². The summed E-state index contributed by atoms with van der Waals surface area (Å²) in [6.45, 7) is 4.49. The number of rotatable bonds is 4. The van der Waals surface area contributed by atoms with Crippen molar-refractivity contribution in [1.82, 2.24) is 5.32 Å². The van der Waals surface area contributed by atoms with Gasteiger partial charge in [0.05, 0.1) is 12.5 Å². The molecule has 1 saturated carbocycles. The minimum absolute atomic E-state index is 0.407. The van der Waals surface area contributed by atoms with Gasteiger partial charge in [-0.15, -0.1) is 0 Å². The predicted molar refractivity (Wildman–Crippen MR) is 57.1 cm³/mol. The predicted octanol–water partition coefficient (Wildman–Crippen LogP) is 3.12. The molecule has 1 fully saturated rings. The van der Waals surface area contributed by atoms with Crippen molar-refractivity contribution < 1.29 is 4.42 Å². The summed E-state index contributed by atoms with van der Waals surface area (Å²) in [5.41, 5.74) is 1.25. The molecule has 0 radical (unpaired) electrons. The second-order valence-corrected chi connectivity index (χ2v) is 4.42. The Morgan fingerprint density at radius 3 is 2.71 bits per heavy atom. The quantitative estimate of drug-likeness (QED) is 0.794. The lowest BCUT2D eigenvalue weighted by molar-refractivity contribution is 0.229. The van der Waals surface area contributed by atoms with E-state index in [9.17, 15) is 0 Å². The number of nitrogens with one attached hydrogen (secondary N) is 1. The van der Waals surface area contributed by atoms with Gasteiger partial charge in [-0.25, -0.2) is 0 Å². The van der Waals surface area contributed by atoms with Crippen LogP contribution in [0.1, 0.15) is 44.7 Å². The van der Waals surface area contributed by atoms with Gasteiger partial charge in [-0.2, -0.15) is 0 Å². The van der Waals surface area contributed by atoms with Crippen LogP contribution in [-0.2, 0) is 0 Å². The van der Waals surface area contributed by atoms with Crippen molar-refractivity contribution >= 4 is 0 Å². The molecule has 2 nitrogen and oxygen atoms in total. The molecule has 2 heteroatoms. The van der Waals surface area contributed by atoms with E-state index in [1.807, 2.05) is 12.3 Å². The average molecular weight is 193 g/mol. The third-order valence-corrected chi connectivity index (χ3v) is 3.41. The van der Waals surface area contributed by atoms with Crippen LogP contribution in [0.25, 0.3) is 0 Å². The molecule has 1 aliphatic rings. The second-order valence-electron chi connectivity index (χ2n) is 4.42. The van der Waals surface area contributed by atoms with Crippen molar-refractivity contribution in [3.63, 3.8) is 0 Å². The van der Waals surface area contributed by atoms with Crippen molar-refractivity contribution in [3.8, 4) is 0 Å². The molecule has 0 bridgehead atoms. The summed E-state index contributed by atoms with van der Waals surface area (Å²) >= 11 is 0. The molecule has 14 heavy (non-hydrogen) atoms. The van der Waals surface area contributed by atoms with Crippen LogP contribution >= 0.6 is 0 Å². The highest BCUT2D eigenvalue weighted by molar-refractivity contribution is 5.10. The van der Waals surface area contributed by atoms with Gasteiger partial charge < -0.3 is 9.73 Å². The largest absolute Gasteiger partial charge is 0.472 e. The molecule has 0 saturated heterocycles. The molecule has 0 aromatic carbocycles. The first-order valence-electron chi connectivity index (χ1n) is 5.55. The molecule has 1 aromatic heterocycles. The average Bonchev–Trinajstić information content (AvgIpc) is 2.51. The standard InChI is InChI=1S/C12H19NO/c1-9(11-4-3-5-11)13-10(2)12-6-7-14-8-12/h6-11,13H,3-5H2,1-2H3. The monoisotopic (exact) mass is 193 g/mol. The lowest BCUT2D eigenvalue weighted by atomic mass is 9.80. The maximum absolute atomic E-state index is 5.08. The number of hydrogen-bond acceptors (Lipinski definition) is 2. The Bertz CT molecular complexity index is 264. The van der Waals surface area contributed by atoms with Crippen LogP contribution in [0.5, 0.6) is 0 Å². The van der Waals surface area contributed by atoms with Crippen LogP contribution in [0.15, 0.2) is 23.0 Å². The lowest BCUT2D eigenvalue weighted by Gasteiger charge is -2.33. The topological polar surface area (TPSA) is 25.2 Å². The van der Waals surface area contributed by atoms with E-state index in [2.05, 4.69) is 19.2 Å². The van der Waals surface area contributed by atoms with Crippen LogP contribution in [0.2, 0.25) is 0 Å². The van der Waals surface area contributed by atoms with Gasteiger partial charge in [0.2, 0.25) is 0 Å². The zero-order chi connectivity index (χ0) is 9.97. The summed E-state index contributed by atoms with van der Waals surface area (Å²) in [6, 6.07) is 3.07. The maximum Gasteiger partial charge on any atom is 0.0950 e. The highest BCUT2D eigenvalue weighted by atomic mass is 16.3. The summed E-state index contributed by atoms with van der Waals surface area (Å²) in [5.74, 6) is 0.893. The van der Waals surface area contributed by atoms with Crippen LogP contribution in [0.4, 0.5) is 0 Å². The first kappa shape index (κ1) is 9.78. The van der Waals surface area contributed by atoms with E-state index in [-0.39, 0.29) is 0 Å². The van der Waals surface area contributed by atoms with Crippen LogP contribution in [-0.4, -0.2) is 6.04 Å². The van der Waals surface area contributed by atoms with Gasteiger partial charge in [0.15, 0.2) is 0 Å². The van der Waals surface area contributed by atoms with Gasteiger partial charge in [-0.1, -0.05) is 6.42 Å². The second kappa shape index (κ2) is 4.18. The fraction of sp³-hybridized carbons (Fsp3) is 0.667. The zero-order valence-corrected chi connectivity index (χ0v) is 8.99. The van der Waals surface area contributed by atoms with Crippen LogP contribution in [0, 0.1) is 5.92 Å². The van der Waals surface area contributed by atoms with E-state index < -0.39 is 0 Å². The highest BCUT2D eigenvalue weighted by Gasteiger charge is 2.24. The Kier molecular flexibility index (Phi) is 2.92. The van der Waals surface area contributed by atoms with E-state index in [0.29, 0.717) is 12.1 Å². The van der Waals surface area contributed by atoms with Gasteiger partial charge in [-0.3, -0.25) is 0 Å². The molecule has 1 N–H and O–H groups in total. The highest BCUT2D eigenvalue weighted by Crippen LogP contribution is 2.30. The van der Waals surface area contributed by atoms with Gasteiger partial charge in [-0.05, 0) is 38.7 Å². The molecule has 78 valence electrons. The molecular weight excluding hydrogens is 174 g/mol. The summed E-state index contributed by atoms with van der Waals surface area (Å²) in [5, 5.41) is 3.62. The maximum atomic E-state index is 5.08. The van der Waals surface area contributed by atoms with E-state index in [1.54, 1.807) is 6.26 Å².